The molecule has 5 rings (SSSR count). The Balaban J connectivity index is 1.33. The third kappa shape index (κ3) is 3.16. The van der Waals surface area contributed by atoms with Crippen molar-refractivity contribution in [2.24, 2.45) is 46.3 Å². The molecule has 3 nitrogen and oxygen atoms in total. The van der Waals surface area contributed by atoms with Crippen LogP contribution in [0, 0.1) is 46.3 Å². The van der Waals surface area contributed by atoms with Crippen LogP contribution >= 0.6 is 0 Å². The smallest absolute Gasteiger partial charge is 0.168 e. The zero-order valence-corrected chi connectivity index (χ0v) is 19.1. The number of hydrogen-bond acceptors (Lipinski definition) is 3. The van der Waals surface area contributed by atoms with Crippen LogP contribution in [0.15, 0.2) is 0 Å². The molecule has 1 N–H and O–H groups in total. The molecule has 0 amide bonds. The Morgan fingerprint density at radius 2 is 1.66 bits per heavy atom. The highest BCUT2D eigenvalue weighted by molar-refractivity contribution is 5.10. The summed E-state index contributed by atoms with van der Waals surface area (Å²) in [6.07, 6.45) is 14.4. The van der Waals surface area contributed by atoms with E-state index < -0.39 is 0 Å². The molecule has 5 fully saturated rings. The largest absolute Gasteiger partial charge is 0.396 e. The first-order valence-corrected chi connectivity index (χ1v) is 12.8. The third-order valence-electron chi connectivity index (χ3n) is 11.1. The maximum Gasteiger partial charge on any atom is 0.168 e. The van der Waals surface area contributed by atoms with Crippen LogP contribution in [0.25, 0.3) is 0 Å². The van der Waals surface area contributed by atoms with Gasteiger partial charge in [0.2, 0.25) is 0 Å². The Morgan fingerprint density at radius 1 is 0.897 bits per heavy atom. The van der Waals surface area contributed by atoms with Crippen LogP contribution in [0.1, 0.15) is 91.4 Å². The number of fused-ring (bicyclic) bond motifs is 5. The highest BCUT2D eigenvalue weighted by Crippen LogP contribution is 2.69. The van der Waals surface area contributed by atoms with Crippen LogP contribution in [-0.2, 0) is 9.47 Å². The van der Waals surface area contributed by atoms with E-state index in [0.717, 1.165) is 68.0 Å². The van der Waals surface area contributed by atoms with Crippen molar-refractivity contribution in [2.75, 3.05) is 19.8 Å². The van der Waals surface area contributed by atoms with E-state index in [0.29, 0.717) is 17.4 Å². The Kier molecular flexibility index (Phi) is 5.36. The number of aliphatic hydroxyl groups is 1. The molecule has 1 spiro atoms. The molecule has 0 radical (unpaired) electrons. The highest BCUT2D eigenvalue weighted by atomic mass is 16.7. The molecule has 29 heavy (non-hydrogen) atoms. The van der Waals surface area contributed by atoms with Crippen molar-refractivity contribution in [1.29, 1.82) is 0 Å². The molecule has 8 atom stereocenters. The first-order chi connectivity index (χ1) is 13.9. The standard InChI is InChI=1S/C26H44O3/c1-18(5-4-14-27)21-8-9-22-20-7-6-19-17-26(28-15-16-29-26)13-12-24(19,2)23(20)10-11-25(21,22)3/h18-23,27H,4-17H2,1-3H3/t18-,19-,20+,21-,22+,23+,24+,25-/m1/s1. The normalized spacial score (nSPS) is 49.4. The molecule has 3 heteroatoms. The molecule has 4 aliphatic carbocycles. The Labute approximate surface area is 178 Å². The van der Waals surface area contributed by atoms with Crippen molar-refractivity contribution in [1.82, 2.24) is 0 Å². The minimum absolute atomic E-state index is 0.221. The zero-order valence-electron chi connectivity index (χ0n) is 19.1. The summed E-state index contributed by atoms with van der Waals surface area (Å²) in [7, 11) is 0. The monoisotopic (exact) mass is 404 g/mol. The van der Waals surface area contributed by atoms with E-state index in [2.05, 4.69) is 20.8 Å². The van der Waals surface area contributed by atoms with Gasteiger partial charge in [-0.3, -0.25) is 0 Å². The van der Waals surface area contributed by atoms with Gasteiger partial charge in [0.05, 0.1) is 13.2 Å². The predicted octanol–water partition coefficient (Wildman–Crippen LogP) is 5.80. The first-order valence-electron chi connectivity index (χ1n) is 12.8. The van der Waals surface area contributed by atoms with E-state index in [9.17, 15) is 5.11 Å². The lowest BCUT2D eigenvalue weighted by molar-refractivity contribution is -0.229. The summed E-state index contributed by atoms with van der Waals surface area (Å²) in [4.78, 5) is 0. The topological polar surface area (TPSA) is 38.7 Å². The van der Waals surface area contributed by atoms with Gasteiger partial charge in [-0.2, -0.15) is 0 Å². The third-order valence-corrected chi connectivity index (χ3v) is 11.1. The summed E-state index contributed by atoms with van der Waals surface area (Å²) in [5.41, 5.74) is 1.05. The maximum absolute atomic E-state index is 9.31. The molecule has 0 aromatic carbocycles. The van der Waals surface area contributed by atoms with E-state index in [1.165, 1.54) is 51.4 Å². The fourth-order valence-electron chi connectivity index (χ4n) is 9.55. The summed E-state index contributed by atoms with van der Waals surface area (Å²) < 4.78 is 12.3. The van der Waals surface area contributed by atoms with Crippen molar-refractivity contribution in [3.8, 4) is 0 Å². The molecule has 1 aliphatic heterocycles. The Hall–Kier alpha value is -0.120. The Bertz CT molecular complexity index is 599. The molecule has 0 bridgehead atoms. The van der Waals surface area contributed by atoms with Crippen LogP contribution in [-0.4, -0.2) is 30.7 Å². The van der Waals surface area contributed by atoms with Gasteiger partial charge in [0.15, 0.2) is 5.79 Å². The number of ether oxygens (including phenoxy) is 2. The molecule has 4 saturated carbocycles. The van der Waals surface area contributed by atoms with Crippen LogP contribution in [0.4, 0.5) is 0 Å². The van der Waals surface area contributed by atoms with Gasteiger partial charge in [-0.05, 0) is 104 Å². The average molecular weight is 405 g/mol. The van der Waals surface area contributed by atoms with Gasteiger partial charge in [-0.25, -0.2) is 0 Å². The van der Waals surface area contributed by atoms with Crippen LogP contribution < -0.4 is 0 Å². The molecule has 1 heterocycles. The van der Waals surface area contributed by atoms with E-state index in [-0.39, 0.29) is 5.79 Å². The summed E-state index contributed by atoms with van der Waals surface area (Å²) in [6.45, 7) is 9.73. The van der Waals surface area contributed by atoms with Crippen molar-refractivity contribution >= 4 is 0 Å². The molecular formula is C26H44O3. The van der Waals surface area contributed by atoms with Gasteiger partial charge in [-0.1, -0.05) is 20.8 Å². The van der Waals surface area contributed by atoms with Gasteiger partial charge in [0.1, 0.15) is 0 Å². The van der Waals surface area contributed by atoms with E-state index >= 15 is 0 Å². The van der Waals surface area contributed by atoms with Gasteiger partial charge in [0.25, 0.3) is 0 Å². The second-order valence-corrected chi connectivity index (χ2v) is 12.0. The summed E-state index contributed by atoms with van der Waals surface area (Å²) >= 11 is 0. The zero-order chi connectivity index (χ0) is 20.3. The average Bonchev–Trinajstić information content (AvgIpc) is 3.31. The van der Waals surface area contributed by atoms with E-state index in [4.69, 9.17) is 9.47 Å². The summed E-state index contributed by atoms with van der Waals surface area (Å²) in [6, 6.07) is 0. The van der Waals surface area contributed by atoms with Gasteiger partial charge < -0.3 is 14.6 Å². The molecule has 1 saturated heterocycles. The molecular weight excluding hydrogens is 360 g/mol. The van der Waals surface area contributed by atoms with E-state index in [1.807, 2.05) is 0 Å². The summed E-state index contributed by atoms with van der Waals surface area (Å²) in [5, 5.41) is 9.31. The molecule has 5 aliphatic rings. The van der Waals surface area contributed by atoms with Gasteiger partial charge in [-0.15, -0.1) is 0 Å². The lowest BCUT2D eigenvalue weighted by Crippen LogP contribution is -2.56. The highest BCUT2D eigenvalue weighted by Gasteiger charge is 2.62. The van der Waals surface area contributed by atoms with Crippen molar-refractivity contribution in [3.05, 3.63) is 0 Å². The minimum atomic E-state index is -0.221. The SMILES string of the molecule is C[C@H](CCCO)[C@H]1CC[C@H]2[C@@H]3CC[C@@H]4CC5(CC[C@]4(C)[C@H]3CC[C@]12C)OCCO5. The first kappa shape index (κ1) is 20.8. The van der Waals surface area contributed by atoms with E-state index in [1.54, 1.807) is 0 Å². The quantitative estimate of drug-likeness (QED) is 0.644. The number of aliphatic hydroxyl groups excluding tert-OH is 1. The van der Waals surface area contributed by atoms with Gasteiger partial charge >= 0.3 is 0 Å². The van der Waals surface area contributed by atoms with Crippen molar-refractivity contribution in [2.45, 2.75) is 97.2 Å². The molecule has 166 valence electrons. The molecule has 0 aromatic heterocycles. The second kappa shape index (κ2) is 7.48. The van der Waals surface area contributed by atoms with Crippen molar-refractivity contribution < 1.29 is 14.6 Å². The number of rotatable bonds is 4. The minimum Gasteiger partial charge on any atom is -0.396 e. The predicted molar refractivity (Wildman–Crippen MR) is 115 cm³/mol. The van der Waals surface area contributed by atoms with Crippen LogP contribution in [0.2, 0.25) is 0 Å². The van der Waals surface area contributed by atoms with Gasteiger partial charge in [0, 0.05) is 19.4 Å². The number of hydrogen-bond donors (Lipinski definition) is 1. The maximum atomic E-state index is 9.31. The lowest BCUT2D eigenvalue weighted by atomic mass is 9.44. The molecule has 0 unspecified atom stereocenters. The Morgan fingerprint density at radius 3 is 2.41 bits per heavy atom. The summed E-state index contributed by atoms with van der Waals surface area (Å²) in [5.74, 6) is 5.03. The molecule has 0 aromatic rings. The van der Waals surface area contributed by atoms with Crippen LogP contribution in [0.5, 0.6) is 0 Å². The lowest BCUT2D eigenvalue weighted by Gasteiger charge is -2.62. The fraction of sp³-hybridized carbons (Fsp3) is 1.00. The van der Waals surface area contributed by atoms with Crippen LogP contribution in [0.3, 0.4) is 0 Å². The van der Waals surface area contributed by atoms with Crippen molar-refractivity contribution in [3.63, 3.8) is 0 Å². The second-order valence-electron chi connectivity index (χ2n) is 12.0. The fourth-order valence-corrected chi connectivity index (χ4v) is 9.55.